The SMILES string of the molecule is CC(C)C[C@@H](CN[C@@H](Cc1ccccc1)C(=O)N[C@@H](CC(C)C)C(=O)[C@@]1(C)CO1)NC(=O)[C@H](CCc1ccccc1)NC(=O)CN1CCOCC1. The van der Waals surface area contributed by atoms with Gasteiger partial charge in [-0.15, -0.1) is 0 Å². The second kappa shape index (κ2) is 19.8. The van der Waals surface area contributed by atoms with Gasteiger partial charge in [-0.3, -0.25) is 24.1 Å². The van der Waals surface area contributed by atoms with Crippen molar-refractivity contribution in [1.29, 1.82) is 0 Å². The van der Waals surface area contributed by atoms with Crippen molar-refractivity contribution in [2.45, 2.75) is 96.5 Å². The molecule has 2 heterocycles. The number of ether oxygens (including phenoxy) is 2. The summed E-state index contributed by atoms with van der Waals surface area (Å²) in [5, 5.41) is 12.7. The van der Waals surface area contributed by atoms with Gasteiger partial charge < -0.3 is 30.7 Å². The van der Waals surface area contributed by atoms with Gasteiger partial charge in [0, 0.05) is 25.7 Å². The summed E-state index contributed by atoms with van der Waals surface area (Å²) in [6.07, 6.45) is 2.65. The Labute approximate surface area is 304 Å². The van der Waals surface area contributed by atoms with E-state index in [0.29, 0.717) is 71.6 Å². The van der Waals surface area contributed by atoms with E-state index in [1.165, 1.54) is 0 Å². The van der Waals surface area contributed by atoms with Crippen molar-refractivity contribution < 1.29 is 28.7 Å². The number of Topliss-reactive ketones (excluding diaryl/α,β-unsaturated/α-hetero) is 1. The second-order valence-corrected chi connectivity index (χ2v) is 15.1. The Morgan fingerprint density at radius 1 is 0.765 bits per heavy atom. The van der Waals surface area contributed by atoms with Crippen LogP contribution < -0.4 is 21.3 Å². The number of aryl methyl sites for hydroxylation is 1. The first-order chi connectivity index (χ1) is 24.4. The summed E-state index contributed by atoms with van der Waals surface area (Å²) < 4.78 is 10.9. The summed E-state index contributed by atoms with van der Waals surface area (Å²) in [4.78, 5) is 56.5. The Hall–Kier alpha value is -3.64. The Morgan fingerprint density at radius 2 is 1.35 bits per heavy atom. The highest BCUT2D eigenvalue weighted by molar-refractivity contribution is 5.97. The van der Waals surface area contributed by atoms with Crippen LogP contribution in [0.3, 0.4) is 0 Å². The van der Waals surface area contributed by atoms with Gasteiger partial charge in [0.2, 0.25) is 17.7 Å². The van der Waals surface area contributed by atoms with Crippen molar-refractivity contribution in [1.82, 2.24) is 26.2 Å². The minimum atomic E-state index is -0.851. The van der Waals surface area contributed by atoms with Crippen LogP contribution in [0.5, 0.6) is 0 Å². The van der Waals surface area contributed by atoms with Crippen molar-refractivity contribution in [2.24, 2.45) is 11.8 Å². The standard InChI is InChI=1S/C40H59N5O6/c1-28(2)22-32(42-38(48)33(17-16-30-12-8-6-9-13-30)43-36(46)26-45-18-20-50-21-19-45)25-41-35(24-31-14-10-7-11-15-31)39(49)44-34(23-29(3)4)37(47)40(5)27-51-40/h6-15,28-29,32-35,41H,16-27H2,1-5H3,(H,42,48)(H,43,46)(H,44,49)/t32-,33-,34-,35-,40+/m0/s1. The van der Waals surface area contributed by atoms with E-state index in [1.807, 2.05) is 79.4 Å². The van der Waals surface area contributed by atoms with Crippen molar-refractivity contribution in [3.8, 4) is 0 Å². The number of amides is 3. The second-order valence-electron chi connectivity index (χ2n) is 15.1. The fourth-order valence-corrected chi connectivity index (χ4v) is 6.48. The molecule has 0 radical (unpaired) electrons. The largest absolute Gasteiger partial charge is 0.379 e. The summed E-state index contributed by atoms with van der Waals surface area (Å²) in [5.41, 5.74) is 1.21. The zero-order valence-electron chi connectivity index (χ0n) is 31.1. The highest BCUT2D eigenvalue weighted by Crippen LogP contribution is 2.29. The summed E-state index contributed by atoms with van der Waals surface area (Å²) in [6, 6.07) is 17.3. The van der Waals surface area contributed by atoms with Gasteiger partial charge in [-0.1, -0.05) is 88.4 Å². The molecule has 2 aliphatic heterocycles. The maximum Gasteiger partial charge on any atom is 0.242 e. The predicted octanol–water partition coefficient (Wildman–Crippen LogP) is 3.06. The summed E-state index contributed by atoms with van der Waals surface area (Å²) >= 11 is 0. The third-order valence-electron chi connectivity index (χ3n) is 9.44. The van der Waals surface area contributed by atoms with E-state index >= 15 is 0 Å². The van der Waals surface area contributed by atoms with Crippen LogP contribution >= 0.6 is 0 Å². The normalized spacial score (nSPS) is 19.9. The Bertz CT molecular complexity index is 1390. The van der Waals surface area contributed by atoms with Crippen molar-refractivity contribution >= 4 is 23.5 Å². The molecule has 11 heteroatoms. The lowest BCUT2D eigenvalue weighted by atomic mass is 9.93. The molecule has 0 aliphatic carbocycles. The zero-order valence-corrected chi connectivity index (χ0v) is 31.1. The average molecular weight is 706 g/mol. The van der Waals surface area contributed by atoms with Crippen LogP contribution in [-0.2, 0) is 41.5 Å². The minimum absolute atomic E-state index is 0.106. The van der Waals surface area contributed by atoms with Gasteiger partial charge >= 0.3 is 0 Å². The molecule has 0 saturated carbocycles. The number of rotatable bonds is 21. The van der Waals surface area contributed by atoms with Crippen molar-refractivity contribution in [2.75, 3.05) is 46.0 Å². The van der Waals surface area contributed by atoms with E-state index in [9.17, 15) is 19.2 Å². The summed E-state index contributed by atoms with van der Waals surface area (Å²) in [6.45, 7) is 13.4. The molecule has 0 bridgehead atoms. The predicted molar refractivity (Wildman–Crippen MR) is 198 cm³/mol. The number of nitrogens with one attached hydrogen (secondary N) is 4. The van der Waals surface area contributed by atoms with Gasteiger partial charge in [-0.25, -0.2) is 0 Å². The molecular formula is C40H59N5O6. The molecule has 2 saturated heterocycles. The van der Waals surface area contributed by atoms with Crippen LogP contribution in [-0.4, -0.2) is 104 Å². The lowest BCUT2D eigenvalue weighted by Crippen LogP contribution is -2.57. The molecule has 4 N–H and O–H groups in total. The number of morpholine rings is 1. The van der Waals surface area contributed by atoms with E-state index in [1.54, 1.807) is 6.92 Å². The van der Waals surface area contributed by atoms with Crippen LogP contribution in [0, 0.1) is 11.8 Å². The molecule has 280 valence electrons. The third kappa shape index (κ3) is 13.8. The molecule has 2 aliphatic rings. The number of ketones is 1. The number of nitrogens with zero attached hydrogens (tertiary/aromatic N) is 1. The lowest BCUT2D eigenvalue weighted by molar-refractivity contribution is -0.131. The van der Waals surface area contributed by atoms with Gasteiger partial charge in [0.1, 0.15) is 11.6 Å². The van der Waals surface area contributed by atoms with E-state index in [0.717, 1.165) is 11.1 Å². The maximum atomic E-state index is 14.0. The fourth-order valence-electron chi connectivity index (χ4n) is 6.48. The number of hydrogen-bond donors (Lipinski definition) is 4. The average Bonchev–Trinajstić information content (AvgIpc) is 3.86. The first-order valence-electron chi connectivity index (χ1n) is 18.6. The van der Waals surface area contributed by atoms with Crippen LogP contribution in [0.1, 0.15) is 65.0 Å². The fraction of sp³-hybridized carbons (Fsp3) is 0.600. The number of carbonyl (C=O) groups excluding carboxylic acids is 4. The molecule has 51 heavy (non-hydrogen) atoms. The molecule has 5 atom stereocenters. The highest BCUT2D eigenvalue weighted by Gasteiger charge is 2.50. The van der Waals surface area contributed by atoms with Gasteiger partial charge in [0.05, 0.1) is 38.4 Å². The Balaban J connectivity index is 1.47. The Morgan fingerprint density at radius 3 is 1.94 bits per heavy atom. The van der Waals surface area contributed by atoms with Crippen LogP contribution in [0.25, 0.3) is 0 Å². The topological polar surface area (TPSA) is 141 Å². The van der Waals surface area contributed by atoms with Crippen LogP contribution in [0.4, 0.5) is 0 Å². The zero-order chi connectivity index (χ0) is 36.8. The third-order valence-corrected chi connectivity index (χ3v) is 9.44. The van der Waals surface area contributed by atoms with Gasteiger partial charge in [0.25, 0.3) is 0 Å². The molecule has 2 aromatic rings. The number of epoxide rings is 1. The monoisotopic (exact) mass is 705 g/mol. The molecule has 2 fully saturated rings. The molecule has 0 unspecified atom stereocenters. The molecule has 4 rings (SSSR count). The van der Waals surface area contributed by atoms with Gasteiger partial charge in [0.15, 0.2) is 5.78 Å². The number of hydrogen-bond acceptors (Lipinski definition) is 8. The number of benzene rings is 2. The summed E-state index contributed by atoms with van der Waals surface area (Å²) in [5.74, 6) is -0.378. The minimum Gasteiger partial charge on any atom is -0.379 e. The molecule has 3 amide bonds. The molecule has 0 spiro atoms. The van der Waals surface area contributed by atoms with Crippen LogP contribution in [0.2, 0.25) is 0 Å². The van der Waals surface area contributed by atoms with E-state index in [-0.39, 0.29) is 47.9 Å². The Kier molecular flexibility index (Phi) is 15.6. The van der Waals surface area contributed by atoms with Gasteiger partial charge in [-0.05, 0) is 62.0 Å². The van der Waals surface area contributed by atoms with E-state index in [2.05, 4.69) is 35.1 Å². The lowest BCUT2D eigenvalue weighted by Gasteiger charge is -2.29. The summed E-state index contributed by atoms with van der Waals surface area (Å²) in [7, 11) is 0. The molecule has 0 aromatic heterocycles. The molecular weight excluding hydrogens is 646 g/mol. The quantitative estimate of drug-likeness (QED) is 0.145. The van der Waals surface area contributed by atoms with Crippen molar-refractivity contribution in [3.63, 3.8) is 0 Å². The van der Waals surface area contributed by atoms with E-state index in [4.69, 9.17) is 9.47 Å². The van der Waals surface area contributed by atoms with Crippen molar-refractivity contribution in [3.05, 3.63) is 71.8 Å². The maximum absolute atomic E-state index is 14.0. The highest BCUT2D eigenvalue weighted by atomic mass is 16.6. The number of carbonyl (C=O) groups is 4. The van der Waals surface area contributed by atoms with Gasteiger partial charge in [-0.2, -0.15) is 0 Å². The smallest absolute Gasteiger partial charge is 0.242 e. The first-order valence-corrected chi connectivity index (χ1v) is 18.6. The molecule has 11 nitrogen and oxygen atoms in total. The van der Waals surface area contributed by atoms with Crippen LogP contribution in [0.15, 0.2) is 60.7 Å². The van der Waals surface area contributed by atoms with E-state index < -0.39 is 23.7 Å². The first kappa shape index (κ1) is 40.1. The molecule has 2 aromatic carbocycles.